The van der Waals surface area contributed by atoms with Gasteiger partial charge in [-0.25, -0.2) is 9.18 Å². The van der Waals surface area contributed by atoms with E-state index in [1.165, 1.54) is 12.1 Å². The summed E-state index contributed by atoms with van der Waals surface area (Å²) in [4.78, 5) is 14.3. The highest BCUT2D eigenvalue weighted by molar-refractivity contribution is 5.69. The molecule has 1 aromatic carbocycles. The molecule has 2 heterocycles. The molecular weight excluding hydrogens is 297 g/mol. The van der Waals surface area contributed by atoms with Crippen molar-refractivity contribution < 1.29 is 18.7 Å². The fourth-order valence-corrected chi connectivity index (χ4v) is 3.63. The molecule has 126 valence electrons. The van der Waals surface area contributed by atoms with E-state index in [2.05, 4.69) is 0 Å². The van der Waals surface area contributed by atoms with Crippen molar-refractivity contribution in [3.8, 4) is 0 Å². The highest BCUT2D eigenvalue weighted by Crippen LogP contribution is 2.44. The Labute approximate surface area is 136 Å². The number of likely N-dealkylation sites (tertiary alicyclic amines) is 1. The van der Waals surface area contributed by atoms with Gasteiger partial charge in [-0.2, -0.15) is 0 Å². The molecule has 1 amide bonds. The van der Waals surface area contributed by atoms with E-state index in [9.17, 15) is 9.18 Å². The van der Waals surface area contributed by atoms with Crippen LogP contribution in [0.3, 0.4) is 0 Å². The van der Waals surface area contributed by atoms with Gasteiger partial charge in [-0.3, -0.25) is 0 Å². The predicted molar refractivity (Wildman–Crippen MR) is 84.5 cm³/mol. The number of fused-ring (bicyclic) bond motifs is 1. The zero-order valence-corrected chi connectivity index (χ0v) is 14.2. The van der Waals surface area contributed by atoms with Crippen molar-refractivity contribution in [3.63, 3.8) is 0 Å². The Bertz CT molecular complexity index is 625. The lowest BCUT2D eigenvalue weighted by molar-refractivity contribution is -0.0785. The van der Waals surface area contributed by atoms with Crippen LogP contribution in [0.15, 0.2) is 18.2 Å². The molecule has 4 nitrogen and oxygen atoms in total. The summed E-state index contributed by atoms with van der Waals surface area (Å²) in [7, 11) is 0. The molecule has 5 heteroatoms. The first-order chi connectivity index (χ1) is 10.7. The van der Waals surface area contributed by atoms with Gasteiger partial charge in [0.1, 0.15) is 17.0 Å². The van der Waals surface area contributed by atoms with Crippen LogP contribution in [0.5, 0.6) is 0 Å². The molecule has 0 aliphatic carbocycles. The largest absolute Gasteiger partial charge is 0.444 e. The van der Waals surface area contributed by atoms with Crippen molar-refractivity contribution >= 4 is 6.09 Å². The Balaban J connectivity index is 1.88. The van der Waals surface area contributed by atoms with E-state index in [1.54, 1.807) is 11.0 Å². The van der Waals surface area contributed by atoms with Crippen LogP contribution in [0, 0.1) is 5.82 Å². The van der Waals surface area contributed by atoms with Gasteiger partial charge in [0, 0.05) is 6.54 Å². The topological polar surface area (TPSA) is 38.8 Å². The highest BCUT2D eigenvalue weighted by atomic mass is 19.1. The SMILES string of the molecule is CC(C)(C)OC(=O)N1CCCC1C1(C)OCc2cc(F)ccc21. The van der Waals surface area contributed by atoms with E-state index in [-0.39, 0.29) is 18.0 Å². The fraction of sp³-hybridized carbons (Fsp3) is 0.611. The quantitative estimate of drug-likeness (QED) is 0.785. The number of amides is 1. The molecule has 2 unspecified atom stereocenters. The van der Waals surface area contributed by atoms with E-state index < -0.39 is 11.2 Å². The standard InChI is InChI=1S/C18H24FNO3/c1-17(2,3)23-16(21)20-9-5-6-15(20)18(4)14-8-7-13(19)10-12(14)11-22-18/h7-8,10,15H,5-6,9,11H2,1-4H3. The molecule has 0 aromatic heterocycles. The Morgan fingerprint density at radius 1 is 1.43 bits per heavy atom. The number of ether oxygens (including phenoxy) is 2. The zero-order valence-electron chi connectivity index (χ0n) is 14.2. The molecule has 0 saturated carbocycles. The third-order valence-electron chi connectivity index (χ3n) is 4.65. The summed E-state index contributed by atoms with van der Waals surface area (Å²) in [6, 6.07) is 4.67. The smallest absolute Gasteiger partial charge is 0.410 e. The van der Waals surface area contributed by atoms with Crippen LogP contribution in [-0.2, 0) is 21.7 Å². The molecule has 0 spiro atoms. The second-order valence-electron chi connectivity index (χ2n) is 7.53. The maximum Gasteiger partial charge on any atom is 0.410 e. The van der Waals surface area contributed by atoms with Gasteiger partial charge in [0.2, 0.25) is 0 Å². The van der Waals surface area contributed by atoms with Crippen molar-refractivity contribution in [2.24, 2.45) is 0 Å². The molecule has 3 rings (SSSR count). The minimum Gasteiger partial charge on any atom is -0.444 e. The normalized spacial score (nSPS) is 27.2. The molecule has 2 atom stereocenters. The third-order valence-corrected chi connectivity index (χ3v) is 4.65. The first-order valence-electron chi connectivity index (χ1n) is 8.13. The second kappa shape index (κ2) is 5.48. The van der Waals surface area contributed by atoms with Crippen LogP contribution in [-0.4, -0.2) is 29.2 Å². The Hall–Kier alpha value is -1.62. The van der Waals surface area contributed by atoms with Crippen molar-refractivity contribution in [1.82, 2.24) is 4.90 Å². The fourth-order valence-electron chi connectivity index (χ4n) is 3.63. The van der Waals surface area contributed by atoms with Crippen LogP contribution in [0.25, 0.3) is 0 Å². The summed E-state index contributed by atoms with van der Waals surface area (Å²) in [6.07, 6.45) is 1.46. The number of carbonyl (C=O) groups is 1. The molecule has 23 heavy (non-hydrogen) atoms. The summed E-state index contributed by atoms with van der Waals surface area (Å²) < 4.78 is 25.0. The Kier molecular flexibility index (Phi) is 3.87. The van der Waals surface area contributed by atoms with Gasteiger partial charge in [0.15, 0.2) is 0 Å². The molecule has 0 bridgehead atoms. The first-order valence-corrected chi connectivity index (χ1v) is 8.13. The van der Waals surface area contributed by atoms with Crippen LogP contribution < -0.4 is 0 Å². The molecule has 1 fully saturated rings. The van der Waals surface area contributed by atoms with Crippen LogP contribution >= 0.6 is 0 Å². The average molecular weight is 321 g/mol. The van der Waals surface area contributed by atoms with Crippen LogP contribution in [0.4, 0.5) is 9.18 Å². The maximum absolute atomic E-state index is 13.4. The number of hydrogen-bond acceptors (Lipinski definition) is 3. The number of rotatable bonds is 1. The Morgan fingerprint density at radius 2 is 2.17 bits per heavy atom. The molecule has 2 aliphatic heterocycles. The van der Waals surface area contributed by atoms with Gasteiger partial charge < -0.3 is 14.4 Å². The number of benzene rings is 1. The van der Waals surface area contributed by atoms with Gasteiger partial charge in [0.05, 0.1) is 12.6 Å². The number of halogens is 1. The second-order valence-corrected chi connectivity index (χ2v) is 7.53. The molecule has 2 aliphatic rings. The van der Waals surface area contributed by atoms with E-state index in [1.807, 2.05) is 27.7 Å². The summed E-state index contributed by atoms with van der Waals surface area (Å²) in [5, 5.41) is 0. The molecule has 0 N–H and O–H groups in total. The zero-order chi connectivity index (χ0) is 16.8. The van der Waals surface area contributed by atoms with Crippen molar-refractivity contribution in [1.29, 1.82) is 0 Å². The van der Waals surface area contributed by atoms with Crippen molar-refractivity contribution in [2.45, 2.75) is 64.4 Å². The first kappa shape index (κ1) is 16.2. The maximum atomic E-state index is 13.4. The van der Waals surface area contributed by atoms with Gasteiger partial charge in [-0.15, -0.1) is 0 Å². The molecular formula is C18H24FNO3. The average Bonchev–Trinajstić information content (AvgIpc) is 3.03. The lowest BCUT2D eigenvalue weighted by Crippen LogP contribution is -2.49. The summed E-state index contributed by atoms with van der Waals surface area (Å²) >= 11 is 0. The number of hydrogen-bond donors (Lipinski definition) is 0. The van der Waals surface area contributed by atoms with Gasteiger partial charge in [-0.05, 0) is 63.8 Å². The van der Waals surface area contributed by atoms with Crippen molar-refractivity contribution in [3.05, 3.63) is 35.1 Å². The summed E-state index contributed by atoms with van der Waals surface area (Å²) in [5.41, 5.74) is 0.696. The van der Waals surface area contributed by atoms with Gasteiger partial charge >= 0.3 is 6.09 Å². The predicted octanol–water partition coefficient (Wildman–Crippen LogP) is 3.97. The van der Waals surface area contributed by atoms with E-state index in [0.29, 0.717) is 13.2 Å². The molecule has 0 radical (unpaired) electrons. The highest BCUT2D eigenvalue weighted by Gasteiger charge is 2.49. The monoisotopic (exact) mass is 321 g/mol. The molecule has 1 saturated heterocycles. The number of nitrogens with zero attached hydrogens (tertiary/aromatic N) is 1. The third kappa shape index (κ3) is 2.94. The lowest BCUT2D eigenvalue weighted by atomic mass is 9.86. The van der Waals surface area contributed by atoms with Gasteiger partial charge in [0.25, 0.3) is 0 Å². The van der Waals surface area contributed by atoms with Crippen LogP contribution in [0.2, 0.25) is 0 Å². The molecule has 1 aromatic rings. The van der Waals surface area contributed by atoms with Crippen LogP contribution in [0.1, 0.15) is 51.7 Å². The minimum atomic E-state index is -0.615. The lowest BCUT2D eigenvalue weighted by Gasteiger charge is -2.38. The van der Waals surface area contributed by atoms with Crippen molar-refractivity contribution in [2.75, 3.05) is 6.54 Å². The summed E-state index contributed by atoms with van der Waals surface area (Å²) in [6.45, 7) is 8.62. The summed E-state index contributed by atoms with van der Waals surface area (Å²) in [5.74, 6) is -0.257. The van der Waals surface area contributed by atoms with E-state index in [4.69, 9.17) is 9.47 Å². The van der Waals surface area contributed by atoms with E-state index >= 15 is 0 Å². The minimum absolute atomic E-state index is 0.0935. The van der Waals surface area contributed by atoms with E-state index in [0.717, 1.165) is 24.0 Å². The number of carbonyl (C=O) groups excluding carboxylic acids is 1. The van der Waals surface area contributed by atoms with Gasteiger partial charge in [-0.1, -0.05) is 6.07 Å². The Morgan fingerprint density at radius 3 is 2.87 bits per heavy atom.